The lowest BCUT2D eigenvalue weighted by Gasteiger charge is -2.07. The Morgan fingerprint density at radius 3 is 2.24 bits per heavy atom. The van der Waals surface area contributed by atoms with Crippen molar-refractivity contribution in [2.75, 3.05) is 18.5 Å². The number of carbonyl (C=O) groups excluding carboxylic acids is 3. The number of carboxylic acid groups (broad SMARTS) is 1. The average Bonchev–Trinajstić information content (AvgIpc) is 2.38. The Bertz CT molecular complexity index is 555. The van der Waals surface area contributed by atoms with E-state index in [1.807, 2.05) is 5.32 Å². The molecule has 0 radical (unpaired) electrons. The van der Waals surface area contributed by atoms with Crippen molar-refractivity contribution >= 4 is 29.5 Å². The fraction of sp³-hybridized carbons (Fsp3) is 0.167. The largest absolute Gasteiger partial charge is 0.480 e. The third kappa shape index (κ3) is 6.16. The number of aliphatic carboxylic acids is 1. The molecule has 4 amide bonds. The maximum atomic E-state index is 11.4. The molecule has 0 aliphatic carbocycles. The highest BCUT2D eigenvalue weighted by molar-refractivity contribution is 6.02. The molecule has 1 rings (SSSR count). The molecule has 0 atom stereocenters. The van der Waals surface area contributed by atoms with Crippen LogP contribution in [0.3, 0.4) is 0 Å². The second kappa shape index (κ2) is 7.60. The minimum atomic E-state index is -1.22. The molecule has 0 bridgehead atoms. The molecule has 0 aromatic heterocycles. The molecule has 9 heteroatoms. The van der Waals surface area contributed by atoms with Crippen LogP contribution in [0.1, 0.15) is 10.4 Å². The summed E-state index contributed by atoms with van der Waals surface area (Å²) in [4.78, 5) is 43.7. The van der Waals surface area contributed by atoms with Gasteiger partial charge in [0, 0.05) is 11.3 Å². The number of carboxylic acids is 1. The molecule has 0 heterocycles. The van der Waals surface area contributed by atoms with Gasteiger partial charge >= 0.3 is 12.0 Å². The van der Waals surface area contributed by atoms with Gasteiger partial charge in [-0.1, -0.05) is 0 Å². The average molecular weight is 295 g/mol. The monoisotopic (exact) mass is 295 g/mol. The van der Waals surface area contributed by atoms with Crippen molar-refractivity contribution in [2.45, 2.75) is 0 Å². The van der Waals surface area contributed by atoms with Crippen molar-refractivity contribution in [1.82, 2.24) is 5.32 Å². The predicted octanol–water partition coefficient (Wildman–Crippen LogP) is -0.465. The van der Waals surface area contributed by atoms with Crippen LogP contribution in [0.25, 0.3) is 0 Å². The van der Waals surface area contributed by atoms with Gasteiger partial charge in [0.2, 0.25) is 5.91 Å². The van der Waals surface area contributed by atoms with E-state index in [1.54, 1.807) is 0 Å². The molecule has 1 aromatic carbocycles. The molecule has 0 saturated heterocycles. The van der Waals surface area contributed by atoms with E-state index in [9.17, 15) is 19.2 Å². The Labute approximate surface area is 119 Å². The Balaban J connectivity index is 2.40. The molecule has 0 spiro atoms. The number of hydrogen-bond donors (Lipinski definition) is 4. The number of amides is 4. The molecule has 0 fully saturated rings. The van der Waals surface area contributed by atoms with Crippen molar-refractivity contribution in [3.63, 3.8) is 0 Å². The van der Waals surface area contributed by atoms with E-state index in [0.29, 0.717) is 5.69 Å². The number of urea groups is 1. The summed E-state index contributed by atoms with van der Waals surface area (Å²) >= 11 is 0. The van der Waals surface area contributed by atoms with Crippen LogP contribution in [0.15, 0.2) is 24.3 Å². The number of nitrogens with two attached hydrogens (primary N) is 1. The van der Waals surface area contributed by atoms with Crippen LogP contribution in [-0.2, 0) is 14.3 Å². The number of benzene rings is 1. The van der Waals surface area contributed by atoms with E-state index in [0.717, 1.165) is 0 Å². The number of anilines is 1. The van der Waals surface area contributed by atoms with Crippen molar-refractivity contribution in [1.29, 1.82) is 0 Å². The van der Waals surface area contributed by atoms with Gasteiger partial charge in [-0.3, -0.25) is 14.9 Å². The van der Waals surface area contributed by atoms with Gasteiger partial charge in [-0.15, -0.1) is 0 Å². The van der Waals surface area contributed by atoms with Gasteiger partial charge in [-0.05, 0) is 24.3 Å². The number of ether oxygens (including phenoxy) is 1. The van der Waals surface area contributed by atoms with E-state index in [2.05, 4.69) is 10.1 Å². The van der Waals surface area contributed by atoms with Crippen LogP contribution < -0.4 is 16.4 Å². The predicted molar refractivity (Wildman–Crippen MR) is 70.6 cm³/mol. The summed E-state index contributed by atoms with van der Waals surface area (Å²) < 4.78 is 4.51. The lowest BCUT2D eigenvalue weighted by Crippen LogP contribution is -2.37. The molecule has 0 saturated carbocycles. The summed E-state index contributed by atoms with van der Waals surface area (Å²) in [5.41, 5.74) is 5.68. The first-order chi connectivity index (χ1) is 9.88. The molecular weight excluding hydrogens is 282 g/mol. The number of hydrogen-bond acceptors (Lipinski definition) is 5. The van der Waals surface area contributed by atoms with E-state index >= 15 is 0 Å². The summed E-state index contributed by atoms with van der Waals surface area (Å²) in [5, 5.41) is 12.6. The molecule has 1 aromatic rings. The highest BCUT2D eigenvalue weighted by Crippen LogP contribution is 2.08. The Morgan fingerprint density at radius 1 is 1.10 bits per heavy atom. The summed E-state index contributed by atoms with van der Waals surface area (Å²) in [5.74, 6) is -2.61. The molecule has 112 valence electrons. The lowest BCUT2D eigenvalue weighted by atomic mass is 10.2. The molecule has 5 N–H and O–H groups in total. The van der Waals surface area contributed by atoms with Crippen LogP contribution in [0, 0.1) is 0 Å². The third-order valence-electron chi connectivity index (χ3n) is 2.14. The smallest absolute Gasteiger partial charge is 0.329 e. The zero-order chi connectivity index (χ0) is 15.8. The highest BCUT2D eigenvalue weighted by atomic mass is 16.5. The van der Waals surface area contributed by atoms with E-state index in [-0.39, 0.29) is 5.56 Å². The van der Waals surface area contributed by atoms with Crippen LogP contribution in [-0.4, -0.2) is 42.1 Å². The van der Waals surface area contributed by atoms with E-state index in [4.69, 9.17) is 10.8 Å². The highest BCUT2D eigenvalue weighted by Gasteiger charge is 2.09. The minimum Gasteiger partial charge on any atom is -0.480 e. The van der Waals surface area contributed by atoms with Gasteiger partial charge in [0.15, 0.2) is 0 Å². The minimum absolute atomic E-state index is 0.277. The first-order valence-electron chi connectivity index (χ1n) is 5.68. The fourth-order valence-corrected chi connectivity index (χ4v) is 1.27. The number of primary amides is 1. The first-order valence-corrected chi connectivity index (χ1v) is 5.68. The van der Waals surface area contributed by atoms with Crippen molar-refractivity contribution in [3.05, 3.63) is 29.8 Å². The molecule has 21 heavy (non-hydrogen) atoms. The van der Waals surface area contributed by atoms with Crippen LogP contribution in [0.2, 0.25) is 0 Å². The Morgan fingerprint density at radius 2 is 1.71 bits per heavy atom. The van der Waals surface area contributed by atoms with Gasteiger partial charge in [-0.25, -0.2) is 9.59 Å². The second-order valence-electron chi connectivity index (χ2n) is 3.83. The summed E-state index contributed by atoms with van der Waals surface area (Å²) in [6, 6.07) is 4.88. The van der Waals surface area contributed by atoms with Crippen molar-refractivity contribution < 1.29 is 29.0 Å². The third-order valence-corrected chi connectivity index (χ3v) is 2.14. The van der Waals surface area contributed by atoms with Crippen molar-refractivity contribution in [3.8, 4) is 0 Å². The summed E-state index contributed by atoms with van der Waals surface area (Å²) in [6.45, 7) is -1.19. The first kappa shape index (κ1) is 16.1. The summed E-state index contributed by atoms with van der Waals surface area (Å²) in [6.07, 6.45) is 0. The molecule has 9 nitrogen and oxygen atoms in total. The molecule has 0 aliphatic heterocycles. The van der Waals surface area contributed by atoms with E-state index < -0.39 is 37.0 Å². The van der Waals surface area contributed by atoms with Crippen LogP contribution in [0.4, 0.5) is 10.5 Å². The number of carbonyl (C=O) groups is 4. The topological polar surface area (TPSA) is 148 Å². The van der Waals surface area contributed by atoms with Gasteiger partial charge in [-0.2, -0.15) is 0 Å². The van der Waals surface area contributed by atoms with Gasteiger partial charge < -0.3 is 20.9 Å². The molecule has 0 aliphatic rings. The molecular formula is C12H13N3O6. The summed E-state index contributed by atoms with van der Waals surface area (Å²) in [7, 11) is 0. The fourth-order valence-electron chi connectivity index (χ4n) is 1.27. The Hall–Kier alpha value is -2.94. The van der Waals surface area contributed by atoms with Gasteiger partial charge in [0.05, 0.1) is 0 Å². The number of nitrogens with one attached hydrogen (secondary N) is 2. The van der Waals surface area contributed by atoms with Crippen LogP contribution >= 0.6 is 0 Å². The second-order valence-corrected chi connectivity index (χ2v) is 3.83. The maximum Gasteiger partial charge on any atom is 0.329 e. The number of rotatable bonds is 6. The lowest BCUT2D eigenvalue weighted by molar-refractivity contribution is -0.143. The quantitative estimate of drug-likeness (QED) is 0.558. The van der Waals surface area contributed by atoms with Crippen LogP contribution in [0.5, 0.6) is 0 Å². The normalized spacial score (nSPS) is 9.71. The zero-order valence-corrected chi connectivity index (χ0v) is 10.8. The zero-order valence-electron chi connectivity index (χ0n) is 10.8. The van der Waals surface area contributed by atoms with Gasteiger partial charge in [0.25, 0.3) is 5.91 Å². The Kier molecular flexibility index (Phi) is 5.83. The SMILES string of the molecule is NC(=O)c1ccc(NC(=O)NC(=O)COCC(=O)O)cc1. The standard InChI is InChI=1S/C12H13N3O6/c13-11(19)7-1-3-8(4-2-7)14-12(20)15-9(16)5-21-6-10(17)18/h1-4H,5-6H2,(H2,13,19)(H,17,18)(H2,14,15,16,20). The maximum absolute atomic E-state index is 11.4. The number of imide groups is 1. The van der Waals surface area contributed by atoms with E-state index in [1.165, 1.54) is 24.3 Å². The van der Waals surface area contributed by atoms with Crippen molar-refractivity contribution in [2.24, 2.45) is 5.73 Å². The van der Waals surface area contributed by atoms with Gasteiger partial charge in [0.1, 0.15) is 13.2 Å². The molecule has 0 unspecified atom stereocenters.